The Bertz CT molecular complexity index is 11.1. The molecule has 0 rings (SSSR count). The summed E-state index contributed by atoms with van der Waals surface area (Å²) in [5.41, 5.74) is 0. The van der Waals surface area contributed by atoms with Gasteiger partial charge in [-0.3, -0.25) is 0 Å². The van der Waals surface area contributed by atoms with Crippen molar-refractivity contribution in [1.29, 1.82) is 0 Å². The van der Waals surface area contributed by atoms with E-state index >= 15 is 0 Å². The maximum absolute atomic E-state index is 2.21. The molecule has 0 aliphatic heterocycles. The van der Waals surface area contributed by atoms with Gasteiger partial charge in [-0.05, 0) is 0 Å². The van der Waals surface area contributed by atoms with Gasteiger partial charge in [-0.1, -0.05) is 0 Å². The Labute approximate surface area is 40.1 Å². The predicted molar refractivity (Wildman–Crippen MR) is 21.0 cm³/mol. The van der Waals surface area contributed by atoms with Crippen molar-refractivity contribution in [3.8, 4) is 0 Å². The SMILES string of the molecule is C[CH2][Fe][CH2]C. The number of hydrogen-bond donors (Lipinski definition) is 0. The van der Waals surface area contributed by atoms with Crippen LogP contribution in [0.4, 0.5) is 0 Å². The maximum atomic E-state index is 2.21. The molecule has 0 radical (unpaired) electrons. The van der Waals surface area contributed by atoms with Gasteiger partial charge in [0.05, 0.1) is 0 Å². The van der Waals surface area contributed by atoms with E-state index in [0.29, 0.717) is 0 Å². The quantitative estimate of drug-likeness (QED) is 0.481. The fourth-order valence-electron chi connectivity index (χ4n) is 0.177. The predicted octanol–water partition coefficient (Wildman–Crippen LogP) is 1.95. The zero-order chi connectivity index (χ0) is 4.12. The third-order valence-electron chi connectivity index (χ3n) is 0.354. The van der Waals surface area contributed by atoms with E-state index in [0.717, 1.165) is 0 Å². The van der Waals surface area contributed by atoms with E-state index in [1.807, 2.05) is 0 Å². The van der Waals surface area contributed by atoms with Crippen LogP contribution in [0.15, 0.2) is 0 Å². The minimum atomic E-state index is 1.34. The van der Waals surface area contributed by atoms with E-state index in [9.17, 15) is 0 Å². The molecule has 0 saturated heterocycles. The Morgan fingerprint density at radius 2 is 1.60 bits per heavy atom. The molecule has 5 heavy (non-hydrogen) atoms. The van der Waals surface area contributed by atoms with Gasteiger partial charge in [-0.2, -0.15) is 0 Å². The van der Waals surface area contributed by atoms with Crippen molar-refractivity contribution in [1.82, 2.24) is 0 Å². The fraction of sp³-hybridized carbons (Fsp3) is 1.00. The molecule has 0 saturated carbocycles. The van der Waals surface area contributed by atoms with Crippen molar-refractivity contribution in [2.75, 3.05) is 0 Å². The molecule has 0 unspecified atom stereocenters. The van der Waals surface area contributed by atoms with E-state index in [1.54, 1.807) is 0 Å². The van der Waals surface area contributed by atoms with E-state index < -0.39 is 0 Å². The first-order chi connectivity index (χ1) is 2.41. The molecule has 0 aliphatic rings. The van der Waals surface area contributed by atoms with Crippen molar-refractivity contribution in [3.05, 3.63) is 0 Å². The van der Waals surface area contributed by atoms with Crippen molar-refractivity contribution in [3.63, 3.8) is 0 Å². The molecule has 0 spiro atoms. The summed E-state index contributed by atoms with van der Waals surface area (Å²) in [6.45, 7) is 4.42. The van der Waals surface area contributed by atoms with Gasteiger partial charge in [0.2, 0.25) is 0 Å². The molecule has 0 aromatic heterocycles. The Morgan fingerprint density at radius 3 is 1.60 bits per heavy atom. The Balaban J connectivity index is 2.19. The monoisotopic (exact) mass is 114 g/mol. The Hall–Kier alpha value is 0.519. The molecule has 0 heterocycles. The topological polar surface area (TPSA) is 0 Å². The molecular formula is C4H10Fe. The molecule has 0 aromatic rings. The van der Waals surface area contributed by atoms with Crippen molar-refractivity contribution in [2.45, 2.75) is 24.5 Å². The van der Waals surface area contributed by atoms with Gasteiger partial charge in [0.1, 0.15) is 0 Å². The molecule has 0 fully saturated rings. The normalized spacial score (nSPS) is 9.20. The third kappa shape index (κ3) is 4.52. The van der Waals surface area contributed by atoms with Gasteiger partial charge >= 0.3 is 39.4 Å². The summed E-state index contributed by atoms with van der Waals surface area (Å²) in [5.74, 6) is 0. The zero-order valence-corrected chi connectivity index (χ0v) is 4.87. The second-order valence-electron chi connectivity index (χ2n) is 0.677. The molecule has 0 nitrogen and oxygen atoms in total. The summed E-state index contributed by atoms with van der Waals surface area (Å²) >= 11 is 1.39. The molecule has 34 valence electrons. The average molecular weight is 114 g/mol. The van der Waals surface area contributed by atoms with E-state index in [1.165, 1.54) is 25.6 Å². The molecule has 0 aromatic carbocycles. The van der Waals surface area contributed by atoms with Crippen LogP contribution in [0.3, 0.4) is 0 Å². The second-order valence-corrected chi connectivity index (χ2v) is 2.79. The molecule has 0 aliphatic carbocycles. The third-order valence-corrected chi connectivity index (χ3v) is 1.46. The summed E-state index contributed by atoms with van der Waals surface area (Å²) in [4.78, 5) is 0. The molecule has 0 amide bonds. The van der Waals surface area contributed by atoms with Crippen LogP contribution in [0.1, 0.15) is 13.8 Å². The van der Waals surface area contributed by atoms with E-state index in [2.05, 4.69) is 13.8 Å². The van der Waals surface area contributed by atoms with E-state index in [4.69, 9.17) is 0 Å². The van der Waals surface area contributed by atoms with Gasteiger partial charge in [0.15, 0.2) is 0 Å². The van der Waals surface area contributed by atoms with E-state index in [-0.39, 0.29) is 0 Å². The van der Waals surface area contributed by atoms with Crippen LogP contribution < -0.4 is 0 Å². The summed E-state index contributed by atoms with van der Waals surface area (Å²) < 4.78 is 0. The second kappa shape index (κ2) is 4.52. The number of hydrogen-bond acceptors (Lipinski definition) is 0. The van der Waals surface area contributed by atoms with Crippen LogP contribution in [0.5, 0.6) is 0 Å². The van der Waals surface area contributed by atoms with Crippen LogP contribution in [0.2, 0.25) is 10.6 Å². The van der Waals surface area contributed by atoms with Gasteiger partial charge < -0.3 is 0 Å². The van der Waals surface area contributed by atoms with Crippen molar-refractivity contribution in [2.24, 2.45) is 0 Å². The van der Waals surface area contributed by atoms with Crippen molar-refractivity contribution >= 4 is 0 Å². The van der Waals surface area contributed by atoms with Gasteiger partial charge in [-0.25, -0.2) is 0 Å². The van der Waals surface area contributed by atoms with Crippen LogP contribution in [-0.2, 0) is 15.0 Å². The number of rotatable bonds is 2. The molecule has 0 atom stereocenters. The van der Waals surface area contributed by atoms with Crippen LogP contribution in [-0.4, -0.2) is 0 Å². The van der Waals surface area contributed by atoms with Gasteiger partial charge in [0, 0.05) is 0 Å². The Morgan fingerprint density at radius 1 is 1.20 bits per heavy atom. The molecule has 1 heteroatoms. The summed E-state index contributed by atoms with van der Waals surface area (Å²) in [5, 5.41) is 2.69. The first-order valence-electron chi connectivity index (χ1n) is 1.91. The summed E-state index contributed by atoms with van der Waals surface area (Å²) in [6.07, 6.45) is 0. The first kappa shape index (κ1) is 5.52. The van der Waals surface area contributed by atoms with Crippen LogP contribution >= 0.6 is 0 Å². The van der Waals surface area contributed by atoms with Gasteiger partial charge in [0.25, 0.3) is 0 Å². The standard InChI is InChI=1S/2C2H5.Fe/c2*1-2;/h2*1H2,2H3;. The summed E-state index contributed by atoms with van der Waals surface area (Å²) in [6, 6.07) is 0. The average Bonchev–Trinajstić information content (AvgIpc) is 1.41. The molecule has 0 N–H and O–H groups in total. The van der Waals surface area contributed by atoms with Crippen LogP contribution in [0.25, 0.3) is 0 Å². The van der Waals surface area contributed by atoms with Crippen LogP contribution in [0, 0.1) is 0 Å². The summed E-state index contributed by atoms with van der Waals surface area (Å²) in [7, 11) is 0. The first-order valence-corrected chi connectivity index (χ1v) is 3.48. The fourth-order valence-corrected chi connectivity index (χ4v) is 0.729. The molecular weight excluding hydrogens is 104 g/mol. The molecule has 0 bridgehead atoms. The Kier molecular flexibility index (Phi) is 4.99. The van der Waals surface area contributed by atoms with Gasteiger partial charge in [-0.15, -0.1) is 0 Å². The van der Waals surface area contributed by atoms with Crippen molar-refractivity contribution < 1.29 is 15.0 Å². The zero-order valence-electron chi connectivity index (χ0n) is 3.77. The minimum absolute atomic E-state index is 1.34.